The predicted octanol–water partition coefficient (Wildman–Crippen LogP) is -1.87. The van der Waals surface area contributed by atoms with Crippen LogP contribution in [0.2, 0.25) is 0 Å². The summed E-state index contributed by atoms with van der Waals surface area (Å²) in [6.45, 7) is 5.53. The molecule has 0 fully saturated rings. The zero-order valence-electron chi connectivity index (χ0n) is 14.7. The first kappa shape index (κ1) is 49.5. The Morgan fingerprint density at radius 3 is 0.652 bits per heavy atom. The fourth-order valence-electron chi connectivity index (χ4n) is 0. The molecule has 126 valence electrons. The zero-order chi connectivity index (χ0) is 17.7. The summed E-state index contributed by atoms with van der Waals surface area (Å²) in [5, 5.41) is 29.7. The van der Waals surface area contributed by atoms with E-state index in [0.29, 0.717) is 13.1 Å². The van der Waals surface area contributed by atoms with E-state index >= 15 is 0 Å². The second-order valence-corrected chi connectivity index (χ2v) is 2.65. The van der Waals surface area contributed by atoms with Gasteiger partial charge < -0.3 is 31.9 Å². The maximum Gasteiger partial charge on any atom is 0.300 e. The summed E-state index contributed by atoms with van der Waals surface area (Å²) in [5.74, 6) is -3.33. The van der Waals surface area contributed by atoms with Crippen LogP contribution in [-0.2, 0) is 19.2 Å². The molecule has 10 nitrogen and oxygen atoms in total. The van der Waals surface area contributed by atoms with Gasteiger partial charge in [0.05, 0.1) is 0 Å². The third-order valence-electron chi connectivity index (χ3n) is 0.167. The molecule has 0 rings (SSSR count). The SMILES string of the molecule is CC(=O)O.CC(=O)O.CC(=O)O.CC(=O)O.NCCN.[Mg].[Na].[Na]. The molecular formula is C10H24MgN2Na2O8. The van der Waals surface area contributed by atoms with Crippen LogP contribution in [0.5, 0.6) is 0 Å². The second-order valence-electron chi connectivity index (χ2n) is 2.65. The van der Waals surface area contributed by atoms with Gasteiger partial charge >= 0.3 is 0 Å². The van der Waals surface area contributed by atoms with Crippen molar-refractivity contribution in [3.05, 3.63) is 0 Å². The van der Waals surface area contributed by atoms with E-state index in [1.807, 2.05) is 0 Å². The van der Waals surface area contributed by atoms with Crippen molar-refractivity contribution < 1.29 is 39.6 Å². The number of nitrogens with two attached hydrogens (primary N) is 2. The van der Waals surface area contributed by atoms with Gasteiger partial charge in [0.1, 0.15) is 0 Å². The fourth-order valence-corrected chi connectivity index (χ4v) is 0. The van der Waals surface area contributed by atoms with E-state index in [0.717, 1.165) is 27.7 Å². The molecule has 0 saturated heterocycles. The second kappa shape index (κ2) is 49.5. The average Bonchev–Trinajstić information content (AvgIpc) is 2.13. The first-order valence-corrected chi connectivity index (χ1v) is 5.03. The number of aliphatic carboxylic acids is 4. The van der Waals surface area contributed by atoms with Crippen molar-refractivity contribution in [2.75, 3.05) is 13.1 Å². The van der Waals surface area contributed by atoms with Crippen LogP contribution in [0.1, 0.15) is 27.7 Å². The molecule has 0 unspecified atom stereocenters. The van der Waals surface area contributed by atoms with E-state index < -0.39 is 23.9 Å². The van der Waals surface area contributed by atoms with Crippen LogP contribution in [0.25, 0.3) is 0 Å². The van der Waals surface area contributed by atoms with E-state index in [-0.39, 0.29) is 82.2 Å². The Hall–Kier alpha value is 0.566. The third-order valence-corrected chi connectivity index (χ3v) is 0.167. The van der Waals surface area contributed by atoms with Crippen LogP contribution >= 0.6 is 0 Å². The summed E-state index contributed by atoms with van der Waals surface area (Å²) in [7, 11) is 0. The normalized spacial score (nSPS) is 5.65. The minimum Gasteiger partial charge on any atom is -0.481 e. The summed E-state index contributed by atoms with van der Waals surface area (Å²) < 4.78 is 0. The summed E-state index contributed by atoms with van der Waals surface area (Å²) in [6, 6.07) is 0. The molecule has 8 N–H and O–H groups in total. The van der Waals surface area contributed by atoms with E-state index in [1.165, 1.54) is 0 Å². The van der Waals surface area contributed by atoms with Crippen LogP contribution in [0.3, 0.4) is 0 Å². The van der Waals surface area contributed by atoms with Crippen LogP contribution in [0, 0.1) is 0 Å². The van der Waals surface area contributed by atoms with Crippen molar-refractivity contribution in [2.24, 2.45) is 11.5 Å². The Labute approximate surface area is 196 Å². The van der Waals surface area contributed by atoms with Crippen molar-refractivity contribution in [1.82, 2.24) is 0 Å². The van der Waals surface area contributed by atoms with Crippen molar-refractivity contribution in [1.29, 1.82) is 0 Å². The molecule has 0 aliphatic carbocycles. The van der Waals surface area contributed by atoms with Gasteiger partial charge in [-0.1, -0.05) is 0 Å². The third kappa shape index (κ3) is 3890. The number of rotatable bonds is 1. The average molecular weight is 371 g/mol. The van der Waals surface area contributed by atoms with E-state index in [9.17, 15) is 0 Å². The van der Waals surface area contributed by atoms with Crippen molar-refractivity contribution in [3.63, 3.8) is 0 Å². The van der Waals surface area contributed by atoms with Gasteiger partial charge in [0, 0.05) is 123 Å². The summed E-state index contributed by atoms with van der Waals surface area (Å²) in [6.07, 6.45) is 0. The smallest absolute Gasteiger partial charge is 0.300 e. The molecule has 0 aliphatic rings. The number of hydrogen-bond donors (Lipinski definition) is 6. The van der Waals surface area contributed by atoms with E-state index in [2.05, 4.69) is 0 Å². The molecule has 0 aromatic heterocycles. The van der Waals surface area contributed by atoms with Crippen molar-refractivity contribution >= 4 is 106 Å². The quantitative estimate of drug-likeness (QED) is 0.284. The molecular weight excluding hydrogens is 346 g/mol. The molecule has 0 spiro atoms. The Morgan fingerprint density at radius 1 is 0.609 bits per heavy atom. The molecule has 0 heterocycles. The van der Waals surface area contributed by atoms with E-state index in [4.69, 9.17) is 51.1 Å². The molecule has 0 aromatic carbocycles. The number of hydrogen-bond acceptors (Lipinski definition) is 6. The van der Waals surface area contributed by atoms with Gasteiger partial charge in [0.2, 0.25) is 0 Å². The summed E-state index contributed by atoms with van der Waals surface area (Å²) in [4.78, 5) is 36.0. The Bertz CT molecular complexity index is 205. The molecule has 0 amide bonds. The number of carboxylic acids is 4. The van der Waals surface area contributed by atoms with Gasteiger partial charge in [-0.3, -0.25) is 19.2 Å². The minimum absolute atomic E-state index is 0. The van der Waals surface area contributed by atoms with Crippen molar-refractivity contribution in [2.45, 2.75) is 27.7 Å². The maximum atomic E-state index is 9.00. The Balaban J connectivity index is -0.0000000197. The van der Waals surface area contributed by atoms with Gasteiger partial charge in [0.25, 0.3) is 23.9 Å². The molecule has 4 radical (unpaired) electrons. The molecule has 13 heteroatoms. The first-order valence-electron chi connectivity index (χ1n) is 5.03. The fraction of sp³-hybridized carbons (Fsp3) is 0.600. The van der Waals surface area contributed by atoms with Gasteiger partial charge in [-0.2, -0.15) is 0 Å². The van der Waals surface area contributed by atoms with Crippen LogP contribution in [-0.4, -0.2) is 140 Å². The molecule has 23 heavy (non-hydrogen) atoms. The van der Waals surface area contributed by atoms with Crippen molar-refractivity contribution in [3.8, 4) is 0 Å². The summed E-state index contributed by atoms with van der Waals surface area (Å²) in [5.41, 5.74) is 9.81. The van der Waals surface area contributed by atoms with Crippen LogP contribution < -0.4 is 11.5 Å². The minimum atomic E-state index is -0.833. The Morgan fingerprint density at radius 2 is 0.652 bits per heavy atom. The van der Waals surface area contributed by atoms with E-state index in [1.54, 1.807) is 0 Å². The number of carboxylic acid groups (broad SMARTS) is 4. The topological polar surface area (TPSA) is 201 Å². The molecule has 0 bridgehead atoms. The summed E-state index contributed by atoms with van der Waals surface area (Å²) >= 11 is 0. The molecule has 0 aromatic rings. The van der Waals surface area contributed by atoms with Crippen LogP contribution in [0.15, 0.2) is 0 Å². The largest absolute Gasteiger partial charge is 0.481 e. The first-order chi connectivity index (χ1) is 8.84. The monoisotopic (exact) mass is 370 g/mol. The van der Waals surface area contributed by atoms with Crippen LogP contribution in [0.4, 0.5) is 0 Å². The standard InChI is InChI=1S/C2H8N2.4C2H4O2.Mg.2Na/c3-1-2-4;4*1-2(3)4;;;/h1-4H2;4*1H3,(H,3,4);;;. The maximum absolute atomic E-state index is 9.00. The van der Waals surface area contributed by atoms with Gasteiger partial charge in [-0.25, -0.2) is 0 Å². The predicted molar refractivity (Wildman–Crippen MR) is 88.6 cm³/mol. The zero-order valence-corrected chi connectivity index (χ0v) is 20.1. The molecule has 0 atom stereocenters. The van der Waals surface area contributed by atoms with Gasteiger partial charge in [0.15, 0.2) is 0 Å². The number of carbonyl (C=O) groups is 4. The van der Waals surface area contributed by atoms with Gasteiger partial charge in [-0.05, 0) is 0 Å². The Kier molecular flexibility index (Phi) is 107. The van der Waals surface area contributed by atoms with Gasteiger partial charge in [-0.15, -0.1) is 0 Å². The molecule has 0 aliphatic heterocycles. The molecule has 0 saturated carbocycles.